The first-order chi connectivity index (χ1) is 6.46. The highest BCUT2D eigenvalue weighted by atomic mass is 32.2. The van der Waals surface area contributed by atoms with E-state index < -0.39 is 10.0 Å². The fourth-order valence-corrected chi connectivity index (χ4v) is 2.11. The zero-order chi connectivity index (χ0) is 10.8. The Balaban J connectivity index is 3.28. The van der Waals surface area contributed by atoms with Crippen molar-refractivity contribution in [3.8, 4) is 0 Å². The van der Waals surface area contributed by atoms with Gasteiger partial charge in [0.15, 0.2) is 0 Å². The van der Waals surface area contributed by atoms with Crippen LogP contribution in [-0.4, -0.2) is 15.0 Å². The van der Waals surface area contributed by atoms with Gasteiger partial charge >= 0.3 is 0 Å². The van der Waals surface area contributed by atoms with E-state index in [0.29, 0.717) is 5.56 Å². The van der Waals surface area contributed by atoms with Crippen molar-refractivity contribution in [3.05, 3.63) is 23.8 Å². The molecule has 0 fully saturated rings. The Labute approximate surface area is 84.2 Å². The third-order valence-electron chi connectivity index (χ3n) is 1.96. The highest BCUT2D eigenvalue weighted by Crippen LogP contribution is 2.21. The molecule has 3 N–H and O–H groups in total. The molecular formula is C9H14N2O2S. The number of nitrogens with one attached hydrogen (secondary N) is 1. The van der Waals surface area contributed by atoms with Crippen LogP contribution in [0.1, 0.15) is 12.5 Å². The molecule has 78 valence electrons. The molecule has 1 aromatic rings. The zero-order valence-electron chi connectivity index (χ0n) is 8.24. The smallest absolute Gasteiger partial charge is 0.238 e. The molecule has 0 atom stereocenters. The summed E-state index contributed by atoms with van der Waals surface area (Å²) >= 11 is 0. The van der Waals surface area contributed by atoms with E-state index >= 15 is 0 Å². The Morgan fingerprint density at radius 2 is 2.07 bits per heavy atom. The summed E-state index contributed by atoms with van der Waals surface area (Å²) in [7, 11) is -3.61. The molecule has 5 heteroatoms. The lowest BCUT2D eigenvalue weighted by atomic mass is 10.2. The zero-order valence-corrected chi connectivity index (χ0v) is 9.06. The van der Waals surface area contributed by atoms with Gasteiger partial charge in [0.05, 0.1) is 4.90 Å². The highest BCUT2D eigenvalue weighted by molar-refractivity contribution is 7.89. The second-order valence-corrected chi connectivity index (χ2v) is 4.53. The molecule has 0 aliphatic carbocycles. The Morgan fingerprint density at radius 3 is 2.57 bits per heavy atom. The maximum Gasteiger partial charge on any atom is 0.238 e. The van der Waals surface area contributed by atoms with Crippen molar-refractivity contribution in [1.82, 2.24) is 0 Å². The lowest BCUT2D eigenvalue weighted by Crippen LogP contribution is -2.14. The molecule has 0 aliphatic heterocycles. The number of primary sulfonamides is 1. The van der Waals surface area contributed by atoms with Gasteiger partial charge in [0, 0.05) is 12.2 Å². The van der Waals surface area contributed by atoms with E-state index in [0.717, 1.165) is 12.2 Å². The van der Waals surface area contributed by atoms with Gasteiger partial charge in [-0.05, 0) is 31.5 Å². The maximum absolute atomic E-state index is 11.2. The summed E-state index contributed by atoms with van der Waals surface area (Å²) in [6.45, 7) is 4.43. The van der Waals surface area contributed by atoms with Crippen LogP contribution in [0.25, 0.3) is 0 Å². The van der Waals surface area contributed by atoms with Crippen LogP contribution in [0.3, 0.4) is 0 Å². The number of sulfonamides is 1. The van der Waals surface area contributed by atoms with E-state index in [1.807, 2.05) is 13.0 Å². The average molecular weight is 214 g/mol. The van der Waals surface area contributed by atoms with E-state index in [1.54, 1.807) is 13.0 Å². The van der Waals surface area contributed by atoms with Crippen molar-refractivity contribution < 1.29 is 8.42 Å². The van der Waals surface area contributed by atoms with Gasteiger partial charge in [0.1, 0.15) is 0 Å². The monoisotopic (exact) mass is 214 g/mol. The lowest BCUT2D eigenvalue weighted by Gasteiger charge is -2.10. The van der Waals surface area contributed by atoms with Crippen molar-refractivity contribution in [1.29, 1.82) is 0 Å². The SMILES string of the molecule is CCNc1cccc(S(N)(=O)=O)c1C. The summed E-state index contributed by atoms with van der Waals surface area (Å²) in [5.41, 5.74) is 1.47. The van der Waals surface area contributed by atoms with Crippen molar-refractivity contribution >= 4 is 15.7 Å². The molecule has 0 saturated heterocycles. The van der Waals surface area contributed by atoms with Crippen LogP contribution in [0.5, 0.6) is 0 Å². The fourth-order valence-electron chi connectivity index (χ4n) is 1.30. The predicted octanol–water partition coefficient (Wildman–Crippen LogP) is 1.07. The molecular weight excluding hydrogens is 200 g/mol. The third kappa shape index (κ3) is 2.24. The number of rotatable bonds is 3. The minimum Gasteiger partial charge on any atom is -0.385 e. The molecule has 4 nitrogen and oxygen atoms in total. The Morgan fingerprint density at radius 1 is 1.43 bits per heavy atom. The number of hydrogen-bond donors (Lipinski definition) is 2. The first-order valence-electron chi connectivity index (χ1n) is 4.33. The Bertz CT molecular complexity index is 426. The van der Waals surface area contributed by atoms with Crippen molar-refractivity contribution in [3.63, 3.8) is 0 Å². The average Bonchev–Trinajstić information content (AvgIpc) is 2.07. The van der Waals surface area contributed by atoms with Crippen LogP contribution >= 0.6 is 0 Å². The Kier molecular flexibility index (Phi) is 3.13. The predicted molar refractivity (Wildman–Crippen MR) is 56.7 cm³/mol. The number of hydrogen-bond acceptors (Lipinski definition) is 3. The van der Waals surface area contributed by atoms with Gasteiger partial charge in [0.2, 0.25) is 10.0 Å². The van der Waals surface area contributed by atoms with Gasteiger partial charge in [-0.2, -0.15) is 0 Å². The molecule has 0 unspecified atom stereocenters. The summed E-state index contributed by atoms with van der Waals surface area (Å²) in [4.78, 5) is 0.177. The minimum absolute atomic E-state index is 0.177. The van der Waals surface area contributed by atoms with Crippen LogP contribution in [0.4, 0.5) is 5.69 Å². The molecule has 0 radical (unpaired) electrons. The fraction of sp³-hybridized carbons (Fsp3) is 0.333. The topological polar surface area (TPSA) is 72.2 Å². The van der Waals surface area contributed by atoms with Gasteiger partial charge < -0.3 is 5.32 Å². The van der Waals surface area contributed by atoms with Crippen LogP contribution in [0.15, 0.2) is 23.1 Å². The van der Waals surface area contributed by atoms with Gasteiger partial charge in [0.25, 0.3) is 0 Å². The Hall–Kier alpha value is -1.07. The number of anilines is 1. The van der Waals surface area contributed by atoms with E-state index in [9.17, 15) is 8.42 Å². The lowest BCUT2D eigenvalue weighted by molar-refractivity contribution is 0.597. The molecule has 0 heterocycles. The normalized spacial score (nSPS) is 11.4. The number of nitrogens with two attached hydrogens (primary N) is 1. The van der Waals surface area contributed by atoms with E-state index in [-0.39, 0.29) is 4.90 Å². The van der Waals surface area contributed by atoms with E-state index in [2.05, 4.69) is 5.32 Å². The quantitative estimate of drug-likeness (QED) is 0.790. The molecule has 0 amide bonds. The first kappa shape index (κ1) is 11.0. The summed E-state index contributed by atoms with van der Waals surface area (Å²) in [6.07, 6.45) is 0. The van der Waals surface area contributed by atoms with Crippen LogP contribution in [0, 0.1) is 6.92 Å². The molecule has 0 aromatic heterocycles. The minimum atomic E-state index is -3.61. The molecule has 14 heavy (non-hydrogen) atoms. The summed E-state index contributed by atoms with van der Waals surface area (Å²) in [6, 6.07) is 5.00. The highest BCUT2D eigenvalue weighted by Gasteiger charge is 2.12. The van der Waals surface area contributed by atoms with Crippen molar-refractivity contribution in [2.75, 3.05) is 11.9 Å². The summed E-state index contributed by atoms with van der Waals surface area (Å²) in [5, 5.41) is 8.14. The summed E-state index contributed by atoms with van der Waals surface area (Å²) < 4.78 is 22.3. The van der Waals surface area contributed by atoms with Gasteiger partial charge in [-0.25, -0.2) is 13.6 Å². The largest absolute Gasteiger partial charge is 0.385 e. The molecule has 0 aliphatic rings. The standard InChI is InChI=1S/C9H14N2O2S/c1-3-11-8-5-4-6-9(7(8)2)14(10,12)13/h4-6,11H,3H2,1-2H3,(H2,10,12,13). The van der Waals surface area contributed by atoms with Gasteiger partial charge in [-0.15, -0.1) is 0 Å². The second kappa shape index (κ2) is 3.98. The maximum atomic E-state index is 11.2. The third-order valence-corrected chi connectivity index (χ3v) is 3.01. The van der Waals surface area contributed by atoms with Crippen LogP contribution in [0.2, 0.25) is 0 Å². The number of benzene rings is 1. The molecule has 0 saturated carbocycles. The van der Waals surface area contributed by atoms with Crippen LogP contribution in [-0.2, 0) is 10.0 Å². The second-order valence-electron chi connectivity index (χ2n) is 3.00. The van der Waals surface area contributed by atoms with Gasteiger partial charge in [-0.1, -0.05) is 6.07 Å². The van der Waals surface area contributed by atoms with E-state index in [4.69, 9.17) is 5.14 Å². The molecule has 0 bridgehead atoms. The molecule has 0 spiro atoms. The van der Waals surface area contributed by atoms with Gasteiger partial charge in [-0.3, -0.25) is 0 Å². The molecule has 1 rings (SSSR count). The summed E-state index contributed by atoms with van der Waals surface area (Å²) in [5.74, 6) is 0. The molecule has 1 aromatic carbocycles. The van der Waals surface area contributed by atoms with Crippen molar-refractivity contribution in [2.45, 2.75) is 18.7 Å². The van der Waals surface area contributed by atoms with Crippen LogP contribution < -0.4 is 10.5 Å². The van der Waals surface area contributed by atoms with E-state index in [1.165, 1.54) is 6.07 Å². The van der Waals surface area contributed by atoms with Crippen molar-refractivity contribution in [2.24, 2.45) is 5.14 Å². The first-order valence-corrected chi connectivity index (χ1v) is 5.87.